The number of likely N-dealkylation sites (N-methyl/N-ethyl adjacent to an activating group) is 1. The zero-order valence-corrected chi connectivity index (χ0v) is 19.9. The molecule has 0 atom stereocenters. The Morgan fingerprint density at radius 1 is 1.13 bits per heavy atom. The van der Waals surface area contributed by atoms with Gasteiger partial charge in [0.15, 0.2) is 0 Å². The Labute approximate surface area is 192 Å². The van der Waals surface area contributed by atoms with Crippen LogP contribution in [0, 0.1) is 6.92 Å². The molecular formula is C25H25ClN2O2S. The van der Waals surface area contributed by atoms with Gasteiger partial charge >= 0.3 is 0 Å². The first kappa shape index (κ1) is 21.7. The standard InChI is InChI=1S/C25H25ClN2O2S/c1-15-10-21-19(16(2)13-25(3,4)27(21)5)11-18(15)12-22-23(29)28(24(30)31-22)14-17-8-6-7-9-20(17)26/h6-13H,14H2,1-5H3/b22-12+. The van der Waals surface area contributed by atoms with Gasteiger partial charge in [-0.25, -0.2) is 0 Å². The first-order chi connectivity index (χ1) is 14.6. The number of carbonyl (C=O) groups excluding carboxylic acids is 2. The molecule has 2 aliphatic heterocycles. The number of allylic oxidation sites excluding steroid dienone is 1. The van der Waals surface area contributed by atoms with E-state index in [-0.39, 0.29) is 23.2 Å². The molecule has 2 aromatic rings. The lowest BCUT2D eigenvalue weighted by molar-refractivity contribution is -0.123. The van der Waals surface area contributed by atoms with Crippen LogP contribution in [0.1, 0.15) is 43.0 Å². The number of benzene rings is 2. The fourth-order valence-corrected chi connectivity index (χ4v) is 5.07. The lowest BCUT2D eigenvalue weighted by Crippen LogP contribution is -2.42. The third kappa shape index (κ3) is 3.92. The zero-order valence-electron chi connectivity index (χ0n) is 18.3. The van der Waals surface area contributed by atoms with Crippen LogP contribution < -0.4 is 4.90 Å². The first-order valence-electron chi connectivity index (χ1n) is 10.2. The maximum absolute atomic E-state index is 13.0. The lowest BCUT2D eigenvalue weighted by atomic mass is 9.87. The van der Waals surface area contributed by atoms with E-state index in [1.807, 2.05) is 31.2 Å². The van der Waals surface area contributed by atoms with Crippen molar-refractivity contribution in [3.8, 4) is 0 Å². The number of anilines is 1. The number of thioether (sulfide) groups is 1. The molecule has 2 amide bonds. The number of amides is 2. The van der Waals surface area contributed by atoms with Crippen molar-refractivity contribution >= 4 is 51.8 Å². The number of imide groups is 1. The van der Waals surface area contributed by atoms with Crippen molar-refractivity contribution < 1.29 is 9.59 Å². The smallest absolute Gasteiger partial charge is 0.293 e. The van der Waals surface area contributed by atoms with Gasteiger partial charge in [0.1, 0.15) is 0 Å². The van der Waals surface area contributed by atoms with Crippen molar-refractivity contribution in [2.75, 3.05) is 11.9 Å². The number of hydrogen-bond donors (Lipinski definition) is 0. The second kappa shape index (κ2) is 7.88. The molecule has 0 bridgehead atoms. The van der Waals surface area contributed by atoms with E-state index in [2.05, 4.69) is 50.9 Å². The molecule has 2 heterocycles. The van der Waals surface area contributed by atoms with Crippen LogP contribution >= 0.6 is 23.4 Å². The van der Waals surface area contributed by atoms with E-state index in [0.29, 0.717) is 9.93 Å². The molecule has 0 spiro atoms. The van der Waals surface area contributed by atoms with E-state index in [4.69, 9.17) is 11.6 Å². The Morgan fingerprint density at radius 3 is 2.55 bits per heavy atom. The monoisotopic (exact) mass is 452 g/mol. The second-order valence-electron chi connectivity index (χ2n) is 8.63. The summed E-state index contributed by atoms with van der Waals surface area (Å²) in [5.41, 5.74) is 6.23. The molecular weight excluding hydrogens is 428 g/mol. The lowest BCUT2D eigenvalue weighted by Gasteiger charge is -2.41. The van der Waals surface area contributed by atoms with Gasteiger partial charge in [-0.2, -0.15) is 0 Å². The van der Waals surface area contributed by atoms with Gasteiger partial charge in [-0.3, -0.25) is 14.5 Å². The molecule has 0 N–H and O–H groups in total. The number of hydrogen-bond acceptors (Lipinski definition) is 4. The predicted molar refractivity (Wildman–Crippen MR) is 130 cm³/mol. The molecule has 1 saturated heterocycles. The molecule has 4 nitrogen and oxygen atoms in total. The maximum Gasteiger partial charge on any atom is 0.293 e. The van der Waals surface area contributed by atoms with Crippen molar-refractivity contribution in [1.29, 1.82) is 0 Å². The highest BCUT2D eigenvalue weighted by atomic mass is 35.5. The SMILES string of the molecule is CC1=CC(C)(C)N(C)c2cc(C)c(/C=C3/SC(=O)N(Cc4ccccc4Cl)C3=O)cc21. The second-order valence-corrected chi connectivity index (χ2v) is 10.0. The summed E-state index contributed by atoms with van der Waals surface area (Å²) in [6.07, 6.45) is 4.09. The van der Waals surface area contributed by atoms with Gasteiger partial charge in [0.05, 0.1) is 17.0 Å². The molecule has 0 aliphatic carbocycles. The molecule has 0 saturated carbocycles. The van der Waals surface area contributed by atoms with E-state index >= 15 is 0 Å². The van der Waals surface area contributed by atoms with E-state index in [0.717, 1.165) is 34.0 Å². The van der Waals surface area contributed by atoms with E-state index < -0.39 is 0 Å². The van der Waals surface area contributed by atoms with E-state index in [9.17, 15) is 9.59 Å². The van der Waals surface area contributed by atoms with Crippen molar-refractivity contribution in [2.24, 2.45) is 0 Å². The first-order valence-corrected chi connectivity index (χ1v) is 11.3. The average molecular weight is 453 g/mol. The van der Waals surface area contributed by atoms with Crippen LogP contribution in [0.25, 0.3) is 11.6 Å². The van der Waals surface area contributed by atoms with Gasteiger partial charge in [0, 0.05) is 23.3 Å². The number of rotatable bonds is 3. The van der Waals surface area contributed by atoms with E-state index in [1.54, 1.807) is 6.07 Å². The quantitative estimate of drug-likeness (QED) is 0.497. The third-order valence-corrected chi connectivity index (χ3v) is 7.33. The van der Waals surface area contributed by atoms with Crippen LogP contribution in [0.5, 0.6) is 0 Å². The highest BCUT2D eigenvalue weighted by Gasteiger charge is 2.35. The Bertz CT molecular complexity index is 1170. The third-order valence-electron chi connectivity index (χ3n) is 6.05. The molecule has 160 valence electrons. The van der Waals surface area contributed by atoms with Gasteiger partial charge in [0.2, 0.25) is 0 Å². The number of carbonyl (C=O) groups is 2. The Kier molecular flexibility index (Phi) is 5.52. The summed E-state index contributed by atoms with van der Waals surface area (Å²) in [7, 11) is 2.10. The average Bonchev–Trinajstić information content (AvgIpc) is 2.96. The van der Waals surface area contributed by atoms with Gasteiger partial charge in [0.25, 0.3) is 11.1 Å². The molecule has 4 rings (SSSR count). The summed E-state index contributed by atoms with van der Waals surface area (Å²) >= 11 is 7.20. The van der Waals surface area contributed by atoms with Gasteiger partial charge in [-0.1, -0.05) is 35.9 Å². The molecule has 2 aliphatic rings. The number of nitrogens with zero attached hydrogens (tertiary/aromatic N) is 2. The summed E-state index contributed by atoms with van der Waals surface area (Å²) in [4.78, 5) is 29.5. The minimum atomic E-state index is -0.280. The molecule has 2 aromatic carbocycles. The normalized spacial score (nSPS) is 19.2. The summed E-state index contributed by atoms with van der Waals surface area (Å²) in [6, 6.07) is 11.5. The van der Waals surface area contributed by atoms with Crippen LogP contribution in [0.2, 0.25) is 5.02 Å². The number of halogens is 1. The molecule has 0 radical (unpaired) electrons. The summed E-state index contributed by atoms with van der Waals surface area (Å²) in [5, 5.41) is 0.273. The minimum absolute atomic E-state index is 0.0631. The van der Waals surface area contributed by atoms with Crippen LogP contribution in [-0.4, -0.2) is 28.6 Å². The van der Waals surface area contributed by atoms with Crippen molar-refractivity contribution in [2.45, 2.75) is 39.8 Å². The summed E-state index contributed by atoms with van der Waals surface area (Å²) in [5.74, 6) is -0.280. The van der Waals surface area contributed by atoms with Crippen molar-refractivity contribution in [3.05, 3.63) is 74.7 Å². The van der Waals surface area contributed by atoms with Gasteiger partial charge < -0.3 is 4.90 Å². The van der Waals surface area contributed by atoms with Gasteiger partial charge in [-0.05, 0) is 86.0 Å². The molecule has 1 fully saturated rings. The van der Waals surface area contributed by atoms with Crippen LogP contribution in [0.3, 0.4) is 0 Å². The van der Waals surface area contributed by atoms with E-state index in [1.165, 1.54) is 16.2 Å². The largest absolute Gasteiger partial charge is 0.365 e. The summed E-state index contributed by atoms with van der Waals surface area (Å²) in [6.45, 7) is 8.71. The fourth-order valence-electron chi connectivity index (χ4n) is 4.05. The zero-order chi connectivity index (χ0) is 22.5. The van der Waals surface area contributed by atoms with Crippen LogP contribution in [0.4, 0.5) is 10.5 Å². The van der Waals surface area contributed by atoms with Crippen molar-refractivity contribution in [3.63, 3.8) is 0 Å². The molecule has 6 heteroatoms. The topological polar surface area (TPSA) is 40.6 Å². The Balaban J connectivity index is 1.67. The Hall–Kier alpha value is -2.50. The maximum atomic E-state index is 13.0. The fraction of sp³-hybridized carbons (Fsp3) is 0.280. The highest BCUT2D eigenvalue weighted by Crippen LogP contribution is 2.41. The minimum Gasteiger partial charge on any atom is -0.365 e. The Morgan fingerprint density at radius 2 is 1.84 bits per heavy atom. The highest BCUT2D eigenvalue weighted by molar-refractivity contribution is 8.18. The van der Waals surface area contributed by atoms with Crippen molar-refractivity contribution in [1.82, 2.24) is 4.90 Å². The molecule has 0 unspecified atom stereocenters. The predicted octanol–water partition coefficient (Wildman–Crippen LogP) is 6.52. The molecule has 0 aromatic heterocycles. The number of fused-ring (bicyclic) bond motifs is 1. The van der Waals surface area contributed by atoms with Crippen LogP contribution in [-0.2, 0) is 11.3 Å². The molecule has 31 heavy (non-hydrogen) atoms. The summed E-state index contributed by atoms with van der Waals surface area (Å²) < 4.78 is 0. The number of aryl methyl sites for hydroxylation is 1. The van der Waals surface area contributed by atoms with Crippen LogP contribution in [0.15, 0.2) is 47.4 Å². The van der Waals surface area contributed by atoms with Gasteiger partial charge in [-0.15, -0.1) is 0 Å².